The van der Waals surface area contributed by atoms with Crippen molar-refractivity contribution in [2.45, 2.75) is 31.7 Å². The molecule has 3 aromatic rings. The first-order chi connectivity index (χ1) is 16.7. The summed E-state index contributed by atoms with van der Waals surface area (Å²) in [5.74, 6) is 0. The largest absolute Gasteiger partial charge is 0.399 e. The van der Waals surface area contributed by atoms with Crippen molar-refractivity contribution in [1.82, 2.24) is 4.90 Å². The van der Waals surface area contributed by atoms with Crippen LogP contribution in [0.4, 0.5) is 11.4 Å². The number of piperazine rings is 1. The fourth-order valence-electron chi connectivity index (χ4n) is 5.10. The summed E-state index contributed by atoms with van der Waals surface area (Å²) in [5, 5.41) is 9.61. The number of hydrogen-bond acceptors (Lipinski definition) is 4. The number of aliphatic hydroxyl groups is 1. The molecule has 5 rings (SSSR count). The van der Waals surface area contributed by atoms with Crippen LogP contribution in [0.15, 0.2) is 78.9 Å². The van der Waals surface area contributed by atoms with Crippen LogP contribution in [-0.4, -0.2) is 48.8 Å². The summed E-state index contributed by atoms with van der Waals surface area (Å²) in [6, 6.07) is 28.6. The summed E-state index contributed by atoms with van der Waals surface area (Å²) in [5.41, 5.74) is 14.1. The maximum atomic E-state index is 9.61. The SMILES string of the molecule is Nc1ccc(/C(=C(\CCCO)c2ccccc2)c2ccc(N3CCN(C4CC4)CC3)cc2)cc1. The Morgan fingerprint density at radius 1 is 0.765 bits per heavy atom. The van der Waals surface area contributed by atoms with Gasteiger partial charge in [-0.25, -0.2) is 0 Å². The third-order valence-electron chi connectivity index (χ3n) is 7.11. The molecule has 34 heavy (non-hydrogen) atoms. The molecule has 0 unspecified atom stereocenters. The highest BCUT2D eigenvalue weighted by molar-refractivity contribution is 5.99. The highest BCUT2D eigenvalue weighted by Crippen LogP contribution is 2.36. The molecule has 176 valence electrons. The molecule has 3 aromatic carbocycles. The molecule has 0 spiro atoms. The minimum absolute atomic E-state index is 0.178. The van der Waals surface area contributed by atoms with Crippen molar-refractivity contribution in [3.63, 3.8) is 0 Å². The topological polar surface area (TPSA) is 52.7 Å². The number of anilines is 2. The van der Waals surface area contributed by atoms with Crippen LogP contribution in [0.5, 0.6) is 0 Å². The van der Waals surface area contributed by atoms with Crippen molar-refractivity contribution in [2.75, 3.05) is 43.4 Å². The number of hydrogen-bond donors (Lipinski definition) is 2. The van der Waals surface area contributed by atoms with Gasteiger partial charge in [-0.3, -0.25) is 4.90 Å². The molecule has 4 heteroatoms. The fraction of sp³-hybridized carbons (Fsp3) is 0.333. The predicted octanol–water partition coefficient (Wildman–Crippen LogP) is 5.28. The zero-order chi connectivity index (χ0) is 23.3. The van der Waals surface area contributed by atoms with Gasteiger partial charge in [0.1, 0.15) is 0 Å². The Kier molecular flexibility index (Phi) is 6.98. The number of allylic oxidation sites excluding steroid dienone is 1. The Labute approximate surface area is 203 Å². The summed E-state index contributed by atoms with van der Waals surface area (Å²) in [4.78, 5) is 5.17. The second-order valence-electron chi connectivity index (χ2n) is 9.47. The summed E-state index contributed by atoms with van der Waals surface area (Å²) < 4.78 is 0. The second-order valence-corrected chi connectivity index (χ2v) is 9.47. The van der Waals surface area contributed by atoms with E-state index in [9.17, 15) is 5.11 Å². The summed E-state index contributed by atoms with van der Waals surface area (Å²) in [6.07, 6.45) is 4.31. The van der Waals surface area contributed by atoms with E-state index < -0.39 is 0 Å². The van der Waals surface area contributed by atoms with E-state index in [1.165, 1.54) is 53.9 Å². The molecule has 1 saturated carbocycles. The molecule has 0 radical (unpaired) electrons. The average molecular weight is 454 g/mol. The van der Waals surface area contributed by atoms with Gasteiger partial charge in [0.25, 0.3) is 0 Å². The molecule has 0 amide bonds. The van der Waals surface area contributed by atoms with Crippen LogP contribution in [-0.2, 0) is 0 Å². The van der Waals surface area contributed by atoms with Gasteiger partial charge in [0, 0.05) is 50.2 Å². The summed E-state index contributed by atoms with van der Waals surface area (Å²) in [6.45, 7) is 4.71. The molecule has 2 fully saturated rings. The van der Waals surface area contributed by atoms with Crippen molar-refractivity contribution in [2.24, 2.45) is 0 Å². The molecular formula is C30H35N3O. The molecule has 3 N–H and O–H groups in total. The van der Waals surface area contributed by atoms with Crippen LogP contribution in [0.25, 0.3) is 11.1 Å². The Bertz CT molecular complexity index is 1090. The zero-order valence-corrected chi connectivity index (χ0v) is 19.9. The maximum absolute atomic E-state index is 9.61. The Balaban J connectivity index is 1.49. The van der Waals surface area contributed by atoms with Gasteiger partial charge >= 0.3 is 0 Å². The van der Waals surface area contributed by atoms with Gasteiger partial charge in [0.15, 0.2) is 0 Å². The van der Waals surface area contributed by atoms with Crippen LogP contribution in [0.1, 0.15) is 42.4 Å². The molecule has 0 aromatic heterocycles. The smallest absolute Gasteiger partial charge is 0.0434 e. The van der Waals surface area contributed by atoms with E-state index in [1.54, 1.807) is 0 Å². The van der Waals surface area contributed by atoms with Gasteiger partial charge in [0.05, 0.1) is 0 Å². The van der Waals surface area contributed by atoms with E-state index in [1.807, 2.05) is 18.2 Å². The maximum Gasteiger partial charge on any atom is 0.0434 e. The first kappa shape index (κ1) is 22.7. The number of nitrogens with two attached hydrogens (primary N) is 1. The van der Waals surface area contributed by atoms with E-state index in [-0.39, 0.29) is 6.61 Å². The molecule has 2 aliphatic rings. The highest BCUT2D eigenvalue weighted by atomic mass is 16.2. The highest BCUT2D eigenvalue weighted by Gasteiger charge is 2.31. The summed E-state index contributed by atoms with van der Waals surface area (Å²) >= 11 is 0. The number of aliphatic hydroxyl groups excluding tert-OH is 1. The van der Waals surface area contributed by atoms with Gasteiger partial charge in [0.2, 0.25) is 0 Å². The molecular weight excluding hydrogens is 418 g/mol. The minimum Gasteiger partial charge on any atom is -0.399 e. The van der Waals surface area contributed by atoms with Gasteiger partial charge in [-0.05, 0) is 77.8 Å². The third kappa shape index (κ3) is 5.19. The lowest BCUT2D eigenvalue weighted by Gasteiger charge is -2.36. The molecule has 4 nitrogen and oxygen atoms in total. The average Bonchev–Trinajstić information content (AvgIpc) is 3.74. The molecule has 1 saturated heterocycles. The van der Waals surface area contributed by atoms with Gasteiger partial charge in [-0.2, -0.15) is 0 Å². The molecule has 0 atom stereocenters. The standard InChI is InChI=1S/C30H35N3O/c31-26-12-8-24(9-13-26)30(29(7-4-22-34)23-5-2-1-3-6-23)25-10-14-27(15-11-25)32-18-20-33(21-19-32)28-16-17-28/h1-3,5-6,8-15,28,34H,4,7,16-22,31H2/b30-29-. The van der Waals surface area contributed by atoms with Crippen LogP contribution in [0.3, 0.4) is 0 Å². The van der Waals surface area contributed by atoms with Crippen molar-refractivity contribution < 1.29 is 5.11 Å². The summed E-state index contributed by atoms with van der Waals surface area (Å²) in [7, 11) is 0. The van der Waals surface area contributed by atoms with E-state index in [4.69, 9.17) is 5.73 Å². The van der Waals surface area contributed by atoms with Gasteiger partial charge < -0.3 is 15.7 Å². The van der Waals surface area contributed by atoms with E-state index >= 15 is 0 Å². The molecule has 1 heterocycles. The monoisotopic (exact) mass is 453 g/mol. The lowest BCUT2D eigenvalue weighted by atomic mass is 9.87. The predicted molar refractivity (Wildman–Crippen MR) is 143 cm³/mol. The number of nitrogen functional groups attached to an aromatic ring is 1. The first-order valence-electron chi connectivity index (χ1n) is 12.6. The number of benzene rings is 3. The van der Waals surface area contributed by atoms with E-state index in [0.29, 0.717) is 0 Å². The van der Waals surface area contributed by atoms with Crippen molar-refractivity contribution in [3.05, 3.63) is 95.6 Å². The number of nitrogens with zero attached hydrogens (tertiary/aromatic N) is 2. The molecule has 1 aliphatic heterocycles. The fourth-order valence-corrected chi connectivity index (χ4v) is 5.10. The minimum atomic E-state index is 0.178. The lowest BCUT2D eigenvalue weighted by molar-refractivity contribution is 0.248. The van der Waals surface area contributed by atoms with Gasteiger partial charge in [-0.15, -0.1) is 0 Å². The van der Waals surface area contributed by atoms with Crippen molar-refractivity contribution >= 4 is 22.5 Å². The lowest BCUT2D eigenvalue weighted by Crippen LogP contribution is -2.47. The zero-order valence-electron chi connectivity index (χ0n) is 19.9. The van der Waals surface area contributed by atoms with Crippen molar-refractivity contribution in [3.8, 4) is 0 Å². The third-order valence-corrected chi connectivity index (χ3v) is 7.11. The second kappa shape index (κ2) is 10.5. The molecule has 0 bridgehead atoms. The Morgan fingerprint density at radius 2 is 1.38 bits per heavy atom. The normalized spacial score (nSPS) is 17.5. The van der Waals surface area contributed by atoms with E-state index in [0.717, 1.165) is 43.2 Å². The van der Waals surface area contributed by atoms with Crippen molar-refractivity contribution in [1.29, 1.82) is 0 Å². The van der Waals surface area contributed by atoms with Crippen LogP contribution in [0, 0.1) is 0 Å². The van der Waals surface area contributed by atoms with Gasteiger partial charge in [-0.1, -0.05) is 54.6 Å². The van der Waals surface area contributed by atoms with Crippen LogP contribution >= 0.6 is 0 Å². The Morgan fingerprint density at radius 3 is 1.97 bits per heavy atom. The Hall–Kier alpha value is -3.08. The number of rotatable bonds is 8. The van der Waals surface area contributed by atoms with Crippen LogP contribution in [0.2, 0.25) is 0 Å². The molecule has 1 aliphatic carbocycles. The quantitative estimate of drug-likeness (QED) is 0.360. The van der Waals surface area contributed by atoms with E-state index in [2.05, 4.69) is 70.5 Å². The van der Waals surface area contributed by atoms with Crippen LogP contribution < -0.4 is 10.6 Å². The first-order valence-corrected chi connectivity index (χ1v) is 12.6.